The predicted octanol–water partition coefficient (Wildman–Crippen LogP) is 1.62. The van der Waals surface area contributed by atoms with Gasteiger partial charge in [0.05, 0.1) is 0 Å². The van der Waals surface area contributed by atoms with Crippen LogP contribution >= 0.6 is 0 Å². The first-order valence-electron chi connectivity index (χ1n) is 7.17. The fourth-order valence-electron chi connectivity index (χ4n) is 2.00. The molecule has 0 amide bonds. The average Bonchev–Trinajstić information content (AvgIpc) is 2.37. The topological polar surface area (TPSA) is 92.9 Å². The summed E-state index contributed by atoms with van der Waals surface area (Å²) in [6.45, 7) is 10.7. The number of hydrogen-bond donors (Lipinski definition) is 3. The van der Waals surface area contributed by atoms with E-state index in [4.69, 9.17) is 5.73 Å². The molecule has 0 aliphatic heterocycles. The molecule has 0 spiro atoms. The number of hydrogen-bond acceptors (Lipinski definition) is 4. The van der Waals surface area contributed by atoms with Crippen molar-refractivity contribution in [3.8, 4) is 0 Å². The van der Waals surface area contributed by atoms with Crippen LogP contribution in [0.3, 0.4) is 0 Å². The molecule has 2 unspecified atom stereocenters. The van der Waals surface area contributed by atoms with Crippen molar-refractivity contribution in [2.24, 2.45) is 11.8 Å². The summed E-state index contributed by atoms with van der Waals surface area (Å²) < 4.78 is 1.41. The summed E-state index contributed by atoms with van der Waals surface area (Å²) in [5.74, 6) is 0.877. The molecule has 0 saturated heterocycles. The minimum absolute atomic E-state index is 0.105. The summed E-state index contributed by atoms with van der Waals surface area (Å²) >= 11 is 0. The van der Waals surface area contributed by atoms with Crippen molar-refractivity contribution >= 4 is 11.5 Å². The fraction of sp³-hybridized carbons (Fsp3) is 0.714. The Morgan fingerprint density at radius 1 is 1.25 bits per heavy atom. The van der Waals surface area contributed by atoms with Crippen molar-refractivity contribution in [1.82, 2.24) is 9.55 Å². The highest BCUT2D eigenvalue weighted by molar-refractivity contribution is 5.60. The van der Waals surface area contributed by atoms with E-state index in [1.165, 1.54) is 4.57 Å². The van der Waals surface area contributed by atoms with Crippen molar-refractivity contribution in [3.05, 3.63) is 20.8 Å². The molecule has 1 aromatic heterocycles. The second kappa shape index (κ2) is 6.63. The van der Waals surface area contributed by atoms with Gasteiger partial charge in [0, 0.05) is 12.6 Å². The molecule has 0 bridgehead atoms. The molecule has 20 heavy (non-hydrogen) atoms. The van der Waals surface area contributed by atoms with Gasteiger partial charge in [-0.05, 0) is 18.8 Å². The van der Waals surface area contributed by atoms with E-state index in [1.54, 1.807) is 0 Å². The third-order valence-electron chi connectivity index (χ3n) is 3.66. The summed E-state index contributed by atoms with van der Waals surface area (Å²) in [6.07, 6.45) is 0.998. The van der Waals surface area contributed by atoms with Crippen LogP contribution in [0.25, 0.3) is 0 Å². The van der Waals surface area contributed by atoms with Crippen LogP contribution < -0.4 is 22.3 Å². The molecule has 4 N–H and O–H groups in total. The van der Waals surface area contributed by atoms with Gasteiger partial charge in [-0.2, -0.15) is 0 Å². The van der Waals surface area contributed by atoms with Crippen LogP contribution in [0.2, 0.25) is 0 Å². The maximum Gasteiger partial charge on any atom is 0.330 e. The first-order valence-corrected chi connectivity index (χ1v) is 7.17. The Labute approximate surface area is 119 Å². The minimum Gasteiger partial charge on any atom is -0.383 e. The van der Waals surface area contributed by atoms with Crippen molar-refractivity contribution in [3.63, 3.8) is 0 Å². The van der Waals surface area contributed by atoms with Gasteiger partial charge in [-0.3, -0.25) is 14.3 Å². The Hall–Kier alpha value is -1.72. The second-order valence-electron chi connectivity index (χ2n) is 5.84. The Balaban J connectivity index is 3.20. The number of aromatic nitrogens is 2. The first-order chi connectivity index (χ1) is 9.27. The summed E-state index contributed by atoms with van der Waals surface area (Å²) in [6, 6.07) is 0.105. The van der Waals surface area contributed by atoms with E-state index in [-0.39, 0.29) is 23.5 Å². The van der Waals surface area contributed by atoms with Gasteiger partial charge in [-0.1, -0.05) is 34.1 Å². The summed E-state index contributed by atoms with van der Waals surface area (Å²) in [7, 11) is 0. The molecule has 2 atom stereocenters. The molecule has 6 heteroatoms. The number of nitrogens with one attached hydrogen (secondary N) is 2. The highest BCUT2D eigenvalue weighted by Gasteiger charge is 2.17. The molecule has 0 aliphatic rings. The number of anilines is 2. The van der Waals surface area contributed by atoms with Crippen LogP contribution in [-0.2, 0) is 6.54 Å². The normalized spacial score (nSPS) is 14.3. The molecule has 1 rings (SSSR count). The van der Waals surface area contributed by atoms with E-state index in [0.717, 1.165) is 6.42 Å². The molecule has 0 saturated carbocycles. The number of rotatable bonds is 6. The number of nitrogens with two attached hydrogens (primary N) is 1. The lowest BCUT2D eigenvalue weighted by Gasteiger charge is -2.22. The van der Waals surface area contributed by atoms with E-state index in [9.17, 15) is 9.59 Å². The van der Waals surface area contributed by atoms with Gasteiger partial charge in [-0.25, -0.2) is 4.79 Å². The average molecular weight is 282 g/mol. The van der Waals surface area contributed by atoms with E-state index in [0.29, 0.717) is 12.5 Å². The highest BCUT2D eigenvalue weighted by atomic mass is 16.2. The lowest BCUT2D eigenvalue weighted by atomic mass is 10.0. The molecule has 0 radical (unpaired) electrons. The van der Waals surface area contributed by atoms with Gasteiger partial charge in [0.15, 0.2) is 0 Å². The first kappa shape index (κ1) is 16.3. The van der Waals surface area contributed by atoms with Gasteiger partial charge in [0.25, 0.3) is 5.56 Å². The zero-order valence-electron chi connectivity index (χ0n) is 13.0. The monoisotopic (exact) mass is 282 g/mol. The van der Waals surface area contributed by atoms with Crippen molar-refractivity contribution in [1.29, 1.82) is 0 Å². The molecule has 0 aromatic carbocycles. The van der Waals surface area contributed by atoms with Crippen LogP contribution in [0.15, 0.2) is 9.59 Å². The summed E-state index contributed by atoms with van der Waals surface area (Å²) in [5, 5.41) is 3.14. The highest BCUT2D eigenvalue weighted by Crippen LogP contribution is 2.17. The van der Waals surface area contributed by atoms with Crippen LogP contribution in [-0.4, -0.2) is 15.6 Å². The van der Waals surface area contributed by atoms with Crippen molar-refractivity contribution in [2.75, 3.05) is 11.1 Å². The third-order valence-corrected chi connectivity index (χ3v) is 3.66. The quantitative estimate of drug-likeness (QED) is 0.739. The Kier molecular flexibility index (Phi) is 5.42. The predicted molar refractivity (Wildman–Crippen MR) is 83.1 cm³/mol. The van der Waals surface area contributed by atoms with E-state index in [1.807, 2.05) is 20.8 Å². The molecule has 1 aromatic rings. The Morgan fingerprint density at radius 3 is 2.35 bits per heavy atom. The van der Waals surface area contributed by atoms with Gasteiger partial charge in [0.2, 0.25) is 0 Å². The Bertz CT molecular complexity index is 559. The Morgan fingerprint density at radius 2 is 1.85 bits per heavy atom. The molecule has 1 heterocycles. The summed E-state index contributed by atoms with van der Waals surface area (Å²) in [5.41, 5.74) is 5.38. The zero-order chi connectivity index (χ0) is 15.4. The molecule has 0 aliphatic carbocycles. The minimum atomic E-state index is -0.456. The van der Waals surface area contributed by atoms with E-state index >= 15 is 0 Å². The molecular weight excluding hydrogens is 256 g/mol. The molecule has 0 fully saturated rings. The second-order valence-corrected chi connectivity index (χ2v) is 5.84. The van der Waals surface area contributed by atoms with Gasteiger partial charge >= 0.3 is 5.69 Å². The molecule has 6 nitrogen and oxygen atoms in total. The maximum atomic E-state index is 11.9. The van der Waals surface area contributed by atoms with Crippen LogP contribution in [0.5, 0.6) is 0 Å². The number of nitrogen functional groups attached to an aromatic ring is 1. The fourth-order valence-corrected chi connectivity index (χ4v) is 2.00. The van der Waals surface area contributed by atoms with E-state index < -0.39 is 11.2 Å². The van der Waals surface area contributed by atoms with E-state index in [2.05, 4.69) is 24.1 Å². The van der Waals surface area contributed by atoms with Gasteiger partial charge in [-0.15, -0.1) is 0 Å². The number of nitrogens with zero attached hydrogens (tertiary/aromatic N) is 1. The van der Waals surface area contributed by atoms with Crippen LogP contribution in [0, 0.1) is 11.8 Å². The van der Waals surface area contributed by atoms with Crippen molar-refractivity contribution in [2.45, 2.75) is 53.6 Å². The zero-order valence-corrected chi connectivity index (χ0v) is 13.0. The van der Waals surface area contributed by atoms with Crippen molar-refractivity contribution < 1.29 is 0 Å². The number of aromatic amines is 1. The standard InChI is InChI=1S/C14H26N4O2/c1-6-9(4)10(5)16-11-12(15)18(7-8(2)3)14(20)17-13(11)19/h8-10,16H,6-7,15H2,1-5H3,(H,17,19,20). The number of H-pyrrole nitrogens is 1. The molecular formula is C14H26N4O2. The van der Waals surface area contributed by atoms with Crippen LogP contribution in [0.1, 0.15) is 41.0 Å². The maximum absolute atomic E-state index is 11.9. The lowest BCUT2D eigenvalue weighted by Crippen LogP contribution is -2.37. The van der Waals surface area contributed by atoms with Gasteiger partial charge < -0.3 is 11.1 Å². The smallest absolute Gasteiger partial charge is 0.330 e. The largest absolute Gasteiger partial charge is 0.383 e. The summed E-state index contributed by atoms with van der Waals surface area (Å²) in [4.78, 5) is 26.1. The lowest BCUT2D eigenvalue weighted by molar-refractivity contribution is 0.490. The van der Waals surface area contributed by atoms with Gasteiger partial charge in [0.1, 0.15) is 11.5 Å². The third kappa shape index (κ3) is 3.65. The SMILES string of the molecule is CCC(C)C(C)Nc1c(N)n(CC(C)C)c(=O)[nH]c1=O. The van der Waals surface area contributed by atoms with Crippen LogP contribution in [0.4, 0.5) is 11.5 Å². The molecule has 114 valence electrons.